The van der Waals surface area contributed by atoms with Crippen molar-refractivity contribution < 1.29 is 14.4 Å². The summed E-state index contributed by atoms with van der Waals surface area (Å²) in [4.78, 5) is 42.3. The monoisotopic (exact) mass is 371 g/mol. The van der Waals surface area contributed by atoms with Gasteiger partial charge in [-0.15, -0.1) is 0 Å². The van der Waals surface area contributed by atoms with Gasteiger partial charge in [0.1, 0.15) is 0 Å². The van der Waals surface area contributed by atoms with E-state index in [0.29, 0.717) is 44.8 Å². The zero-order chi connectivity index (χ0) is 19.6. The summed E-state index contributed by atoms with van der Waals surface area (Å²) in [6.45, 7) is 9.50. The Balaban J connectivity index is 1.56. The molecule has 2 saturated heterocycles. The number of amides is 3. The Morgan fingerprint density at radius 2 is 1.15 bits per heavy atom. The van der Waals surface area contributed by atoms with Gasteiger partial charge in [-0.25, -0.2) is 0 Å². The number of carbonyl (C=O) groups is 3. The number of likely N-dealkylation sites (tertiary alicyclic amines) is 1. The molecule has 0 spiro atoms. The van der Waals surface area contributed by atoms with Crippen molar-refractivity contribution in [2.24, 2.45) is 0 Å². The van der Waals surface area contributed by atoms with Gasteiger partial charge >= 0.3 is 11.8 Å². The normalized spacial score (nSPS) is 18.0. The minimum atomic E-state index is -0.432. The first-order valence-electron chi connectivity index (χ1n) is 9.75. The Hall–Kier alpha value is -2.37. The van der Waals surface area contributed by atoms with E-state index in [-0.39, 0.29) is 11.3 Å². The average Bonchev–Trinajstić information content (AvgIpc) is 3.20. The van der Waals surface area contributed by atoms with E-state index < -0.39 is 11.8 Å². The molecule has 0 bridgehead atoms. The Morgan fingerprint density at radius 3 is 1.63 bits per heavy atom. The third-order valence-corrected chi connectivity index (χ3v) is 5.43. The van der Waals surface area contributed by atoms with Gasteiger partial charge in [-0.2, -0.15) is 0 Å². The lowest BCUT2D eigenvalue weighted by Gasteiger charge is -2.35. The molecule has 0 unspecified atom stereocenters. The molecular weight excluding hydrogens is 342 g/mol. The summed E-state index contributed by atoms with van der Waals surface area (Å²) in [5, 5.41) is 0. The van der Waals surface area contributed by atoms with Crippen LogP contribution >= 0.6 is 0 Å². The van der Waals surface area contributed by atoms with Gasteiger partial charge in [-0.1, -0.05) is 32.9 Å². The summed E-state index contributed by atoms with van der Waals surface area (Å²) in [5.41, 5.74) is 1.90. The van der Waals surface area contributed by atoms with E-state index in [0.717, 1.165) is 12.8 Å². The smallest absolute Gasteiger partial charge is 0.312 e. The minimum absolute atomic E-state index is 0.0200. The summed E-state index contributed by atoms with van der Waals surface area (Å²) in [7, 11) is 0. The predicted octanol–water partition coefficient (Wildman–Crippen LogP) is 1.89. The summed E-state index contributed by atoms with van der Waals surface area (Å²) >= 11 is 0. The Morgan fingerprint density at radius 1 is 0.704 bits per heavy atom. The van der Waals surface area contributed by atoms with Gasteiger partial charge in [0, 0.05) is 44.8 Å². The van der Waals surface area contributed by atoms with Crippen LogP contribution in [0.25, 0.3) is 0 Å². The Bertz CT molecular complexity index is 707. The van der Waals surface area contributed by atoms with E-state index in [4.69, 9.17) is 0 Å². The molecule has 1 aromatic rings. The van der Waals surface area contributed by atoms with Crippen LogP contribution in [0.5, 0.6) is 0 Å². The quantitative estimate of drug-likeness (QED) is 0.709. The molecule has 2 aliphatic rings. The van der Waals surface area contributed by atoms with Crippen LogP contribution in [0.4, 0.5) is 0 Å². The molecule has 2 aliphatic heterocycles. The maximum Gasteiger partial charge on any atom is 0.312 e. The lowest BCUT2D eigenvalue weighted by molar-refractivity contribution is -0.152. The second-order valence-corrected chi connectivity index (χ2v) is 8.41. The fraction of sp³-hybridized carbons (Fsp3) is 0.571. The number of carbonyl (C=O) groups excluding carboxylic acids is 3. The summed E-state index contributed by atoms with van der Waals surface area (Å²) in [6, 6.07) is 7.75. The van der Waals surface area contributed by atoms with Crippen LogP contribution in [0.15, 0.2) is 24.3 Å². The van der Waals surface area contributed by atoms with Crippen LogP contribution in [0.2, 0.25) is 0 Å². The molecule has 0 saturated carbocycles. The number of rotatable bonds is 1. The second kappa shape index (κ2) is 7.71. The number of nitrogens with zero attached hydrogens (tertiary/aromatic N) is 3. The second-order valence-electron chi connectivity index (χ2n) is 8.41. The molecule has 0 N–H and O–H groups in total. The van der Waals surface area contributed by atoms with E-state index in [1.54, 1.807) is 14.7 Å². The van der Waals surface area contributed by atoms with Crippen LogP contribution in [0.1, 0.15) is 49.5 Å². The molecule has 0 aromatic heterocycles. The fourth-order valence-corrected chi connectivity index (χ4v) is 3.60. The van der Waals surface area contributed by atoms with Gasteiger partial charge in [0.2, 0.25) is 0 Å². The lowest BCUT2D eigenvalue weighted by atomic mass is 9.86. The van der Waals surface area contributed by atoms with Crippen LogP contribution < -0.4 is 0 Å². The van der Waals surface area contributed by atoms with E-state index in [1.165, 1.54) is 5.56 Å². The van der Waals surface area contributed by atoms with Crippen molar-refractivity contribution in [2.75, 3.05) is 39.3 Å². The molecule has 3 amide bonds. The first kappa shape index (κ1) is 19.4. The largest absolute Gasteiger partial charge is 0.335 e. The highest BCUT2D eigenvalue weighted by molar-refractivity contribution is 6.35. The zero-order valence-electron chi connectivity index (χ0n) is 16.5. The van der Waals surface area contributed by atoms with Crippen LogP contribution in [-0.2, 0) is 15.0 Å². The van der Waals surface area contributed by atoms with E-state index >= 15 is 0 Å². The maximum absolute atomic E-state index is 12.7. The van der Waals surface area contributed by atoms with Crippen molar-refractivity contribution >= 4 is 17.7 Å². The van der Waals surface area contributed by atoms with Crippen molar-refractivity contribution in [3.8, 4) is 0 Å². The molecule has 0 aliphatic carbocycles. The van der Waals surface area contributed by atoms with E-state index in [2.05, 4.69) is 20.8 Å². The molecule has 6 heteroatoms. The molecule has 6 nitrogen and oxygen atoms in total. The number of hydrogen-bond donors (Lipinski definition) is 0. The Kier molecular flexibility index (Phi) is 5.53. The minimum Gasteiger partial charge on any atom is -0.335 e. The molecule has 0 atom stereocenters. The third kappa shape index (κ3) is 4.31. The van der Waals surface area contributed by atoms with Gasteiger partial charge < -0.3 is 14.7 Å². The van der Waals surface area contributed by atoms with Crippen molar-refractivity contribution in [3.63, 3.8) is 0 Å². The van der Waals surface area contributed by atoms with Crippen LogP contribution in [0.3, 0.4) is 0 Å². The number of piperazine rings is 1. The summed E-state index contributed by atoms with van der Waals surface area (Å²) < 4.78 is 0. The standard InChI is InChI=1S/C21H29N3O3/c1-21(2,3)17-8-6-16(7-9-17)18(25)23-12-14-24(15-13-23)20(27)19(26)22-10-4-5-11-22/h6-9H,4-5,10-15H2,1-3H3. The van der Waals surface area contributed by atoms with E-state index in [1.807, 2.05) is 24.3 Å². The van der Waals surface area contributed by atoms with Crippen LogP contribution in [0, 0.1) is 0 Å². The Labute approximate surface area is 161 Å². The highest BCUT2D eigenvalue weighted by atomic mass is 16.2. The topological polar surface area (TPSA) is 60.9 Å². The molecule has 1 aromatic carbocycles. The molecule has 27 heavy (non-hydrogen) atoms. The number of benzene rings is 1. The zero-order valence-corrected chi connectivity index (χ0v) is 16.5. The number of hydrogen-bond acceptors (Lipinski definition) is 3. The van der Waals surface area contributed by atoms with Crippen molar-refractivity contribution in [1.29, 1.82) is 0 Å². The average molecular weight is 371 g/mol. The highest BCUT2D eigenvalue weighted by Crippen LogP contribution is 2.22. The molecule has 3 rings (SSSR count). The van der Waals surface area contributed by atoms with Gasteiger partial charge in [0.25, 0.3) is 5.91 Å². The summed E-state index contributed by atoms with van der Waals surface area (Å²) in [5.74, 6) is -0.850. The van der Waals surface area contributed by atoms with Gasteiger partial charge in [0.15, 0.2) is 0 Å². The van der Waals surface area contributed by atoms with Crippen molar-refractivity contribution in [3.05, 3.63) is 35.4 Å². The van der Waals surface area contributed by atoms with E-state index in [9.17, 15) is 14.4 Å². The lowest BCUT2D eigenvalue weighted by Crippen LogP contribution is -2.54. The molecule has 2 heterocycles. The third-order valence-electron chi connectivity index (χ3n) is 5.43. The molecule has 146 valence electrons. The summed E-state index contributed by atoms with van der Waals surface area (Å²) in [6.07, 6.45) is 1.94. The van der Waals surface area contributed by atoms with Gasteiger partial charge in [0.05, 0.1) is 0 Å². The van der Waals surface area contributed by atoms with Crippen LogP contribution in [-0.4, -0.2) is 71.7 Å². The van der Waals surface area contributed by atoms with Crippen molar-refractivity contribution in [1.82, 2.24) is 14.7 Å². The first-order chi connectivity index (χ1) is 12.8. The fourth-order valence-electron chi connectivity index (χ4n) is 3.60. The first-order valence-corrected chi connectivity index (χ1v) is 9.75. The SMILES string of the molecule is CC(C)(C)c1ccc(C(=O)N2CCN(C(=O)C(=O)N3CCCC3)CC2)cc1. The van der Waals surface area contributed by atoms with Gasteiger partial charge in [-0.3, -0.25) is 14.4 Å². The predicted molar refractivity (Wildman–Crippen MR) is 103 cm³/mol. The maximum atomic E-state index is 12.7. The highest BCUT2D eigenvalue weighted by Gasteiger charge is 2.32. The molecule has 2 fully saturated rings. The molecule has 0 radical (unpaired) electrons. The molecular formula is C21H29N3O3. The van der Waals surface area contributed by atoms with Gasteiger partial charge in [-0.05, 0) is 36.0 Å². The van der Waals surface area contributed by atoms with Crippen molar-refractivity contribution in [2.45, 2.75) is 39.0 Å².